The monoisotopic (exact) mass is 339 g/mol. The molecule has 0 saturated carbocycles. The Morgan fingerprint density at radius 1 is 1.12 bits per heavy atom. The molecule has 1 heterocycles. The van der Waals surface area contributed by atoms with E-state index in [9.17, 15) is 13.7 Å². The van der Waals surface area contributed by atoms with Gasteiger partial charge in [-0.05, 0) is 30.7 Å². The van der Waals surface area contributed by atoms with Gasteiger partial charge in [0.1, 0.15) is 6.07 Å². The molecule has 24 heavy (non-hydrogen) atoms. The van der Waals surface area contributed by atoms with Gasteiger partial charge in [0.25, 0.3) is 0 Å². The minimum Gasteiger partial charge on any atom is -0.340 e. The number of hydrogen-bond acceptors (Lipinski definition) is 3. The van der Waals surface area contributed by atoms with Crippen molar-refractivity contribution in [3.63, 3.8) is 0 Å². The highest BCUT2D eigenvalue weighted by Crippen LogP contribution is 2.33. The van der Waals surface area contributed by atoms with E-state index in [0.717, 1.165) is 35.0 Å². The van der Waals surface area contributed by atoms with Gasteiger partial charge in [0.2, 0.25) is 10.0 Å². The van der Waals surface area contributed by atoms with Crippen LogP contribution in [0, 0.1) is 11.3 Å². The van der Waals surface area contributed by atoms with Crippen molar-refractivity contribution >= 4 is 26.6 Å². The predicted octanol–water partition coefficient (Wildman–Crippen LogP) is 3.57. The van der Waals surface area contributed by atoms with Crippen LogP contribution in [0.2, 0.25) is 0 Å². The minimum absolute atomic E-state index is 0.499. The van der Waals surface area contributed by atoms with Crippen LogP contribution in [-0.2, 0) is 16.6 Å². The number of aromatic nitrogens is 1. The second-order valence-electron chi connectivity index (χ2n) is 5.55. The van der Waals surface area contributed by atoms with Crippen LogP contribution in [0.25, 0.3) is 22.2 Å². The maximum Gasteiger partial charge on any atom is 0.229 e. The third kappa shape index (κ3) is 2.86. The Morgan fingerprint density at radius 3 is 2.38 bits per heavy atom. The molecule has 3 aromatic rings. The molecule has 0 aliphatic heterocycles. The van der Waals surface area contributed by atoms with E-state index < -0.39 is 10.0 Å². The zero-order chi connectivity index (χ0) is 17.3. The fraction of sp³-hybridized carbons (Fsp3) is 0.167. The number of nitrogens with zero attached hydrogens (tertiary/aromatic N) is 2. The number of fused-ring (bicyclic) bond motifs is 1. The molecule has 0 unspecified atom stereocenters. The SMILES string of the molecule is CCn1c(-c2ccc(NS(C)(=O)=O)cc2)c(C#N)c2ccccc21. The second kappa shape index (κ2) is 6.02. The van der Waals surface area contributed by atoms with E-state index in [2.05, 4.69) is 15.4 Å². The molecule has 0 aliphatic carbocycles. The Morgan fingerprint density at radius 2 is 1.79 bits per heavy atom. The minimum atomic E-state index is -3.31. The average molecular weight is 339 g/mol. The normalized spacial score (nSPS) is 11.4. The lowest BCUT2D eigenvalue weighted by atomic mass is 10.1. The quantitative estimate of drug-likeness (QED) is 0.789. The molecule has 3 rings (SSSR count). The summed E-state index contributed by atoms with van der Waals surface area (Å²) in [5.41, 5.74) is 3.89. The number of nitriles is 1. The van der Waals surface area contributed by atoms with Crippen LogP contribution in [-0.4, -0.2) is 19.2 Å². The molecule has 6 heteroatoms. The van der Waals surface area contributed by atoms with Crippen LogP contribution >= 0.6 is 0 Å². The molecule has 0 bridgehead atoms. The van der Waals surface area contributed by atoms with Crippen LogP contribution in [0.4, 0.5) is 5.69 Å². The number of nitrogens with one attached hydrogen (secondary N) is 1. The second-order valence-corrected chi connectivity index (χ2v) is 7.30. The van der Waals surface area contributed by atoms with Crippen molar-refractivity contribution < 1.29 is 8.42 Å². The van der Waals surface area contributed by atoms with Crippen LogP contribution in [0.3, 0.4) is 0 Å². The van der Waals surface area contributed by atoms with E-state index in [4.69, 9.17) is 0 Å². The Labute approximate surface area is 141 Å². The fourth-order valence-corrected chi connectivity index (χ4v) is 3.52. The summed E-state index contributed by atoms with van der Waals surface area (Å²) in [5, 5.41) is 10.6. The maximum atomic E-state index is 11.3. The van der Waals surface area contributed by atoms with Gasteiger partial charge in [0.05, 0.1) is 17.5 Å². The Kier molecular flexibility index (Phi) is 4.04. The molecule has 1 N–H and O–H groups in total. The van der Waals surface area contributed by atoms with Gasteiger partial charge in [-0.3, -0.25) is 4.72 Å². The predicted molar refractivity (Wildman–Crippen MR) is 96.2 cm³/mol. The third-order valence-electron chi connectivity index (χ3n) is 3.86. The van der Waals surface area contributed by atoms with Crippen LogP contribution in [0.5, 0.6) is 0 Å². The molecule has 0 atom stereocenters. The highest BCUT2D eigenvalue weighted by molar-refractivity contribution is 7.92. The molecule has 1 aromatic heterocycles. The average Bonchev–Trinajstić information content (AvgIpc) is 2.87. The summed E-state index contributed by atoms with van der Waals surface area (Å²) in [5.74, 6) is 0. The number of aryl methyl sites for hydroxylation is 1. The summed E-state index contributed by atoms with van der Waals surface area (Å²) in [6.45, 7) is 2.78. The van der Waals surface area contributed by atoms with Gasteiger partial charge in [-0.25, -0.2) is 8.42 Å². The molecular formula is C18H17N3O2S. The van der Waals surface area contributed by atoms with E-state index >= 15 is 0 Å². The Balaban J connectivity index is 2.17. The molecule has 0 fully saturated rings. The van der Waals surface area contributed by atoms with Crippen LogP contribution in [0.1, 0.15) is 12.5 Å². The van der Waals surface area contributed by atoms with Gasteiger partial charge < -0.3 is 4.57 Å². The summed E-state index contributed by atoms with van der Waals surface area (Å²) in [4.78, 5) is 0. The van der Waals surface area contributed by atoms with Crippen molar-refractivity contribution in [3.05, 3.63) is 54.1 Å². The smallest absolute Gasteiger partial charge is 0.229 e. The first kappa shape index (κ1) is 16.1. The zero-order valence-electron chi connectivity index (χ0n) is 13.4. The van der Waals surface area contributed by atoms with Gasteiger partial charge in [-0.1, -0.05) is 30.3 Å². The Hall–Kier alpha value is -2.78. The van der Waals surface area contributed by atoms with E-state index in [-0.39, 0.29) is 0 Å². The summed E-state index contributed by atoms with van der Waals surface area (Å²) in [7, 11) is -3.31. The number of para-hydroxylation sites is 1. The summed E-state index contributed by atoms with van der Waals surface area (Å²) >= 11 is 0. The lowest BCUT2D eigenvalue weighted by molar-refractivity contribution is 0.607. The van der Waals surface area contributed by atoms with E-state index in [1.165, 1.54) is 0 Å². The van der Waals surface area contributed by atoms with Gasteiger partial charge in [0.15, 0.2) is 0 Å². The van der Waals surface area contributed by atoms with Gasteiger partial charge in [-0.15, -0.1) is 0 Å². The summed E-state index contributed by atoms with van der Waals surface area (Å²) < 4.78 is 27.2. The molecule has 5 nitrogen and oxygen atoms in total. The first-order valence-electron chi connectivity index (χ1n) is 7.54. The molecule has 0 amide bonds. The molecule has 0 aliphatic rings. The lowest BCUT2D eigenvalue weighted by Crippen LogP contribution is -2.09. The molecule has 0 saturated heterocycles. The molecular weight excluding hydrogens is 322 g/mol. The number of rotatable bonds is 4. The van der Waals surface area contributed by atoms with Crippen molar-refractivity contribution in [2.24, 2.45) is 0 Å². The van der Waals surface area contributed by atoms with Crippen LogP contribution < -0.4 is 4.72 Å². The van der Waals surface area contributed by atoms with Crippen LogP contribution in [0.15, 0.2) is 48.5 Å². The van der Waals surface area contributed by atoms with Crippen molar-refractivity contribution in [1.82, 2.24) is 4.57 Å². The van der Waals surface area contributed by atoms with Crippen molar-refractivity contribution in [2.75, 3.05) is 11.0 Å². The topological polar surface area (TPSA) is 74.9 Å². The van der Waals surface area contributed by atoms with E-state index in [1.807, 2.05) is 43.3 Å². The van der Waals surface area contributed by atoms with E-state index in [1.54, 1.807) is 12.1 Å². The van der Waals surface area contributed by atoms with Gasteiger partial charge >= 0.3 is 0 Å². The first-order valence-corrected chi connectivity index (χ1v) is 9.43. The Bertz CT molecular complexity index is 1040. The standard InChI is InChI=1S/C18H17N3O2S/c1-3-21-17-7-5-4-6-15(17)16(12-19)18(21)13-8-10-14(11-9-13)20-24(2,22)23/h4-11,20H,3H2,1-2H3. The largest absolute Gasteiger partial charge is 0.340 e. The molecule has 122 valence electrons. The lowest BCUT2D eigenvalue weighted by Gasteiger charge is -2.10. The third-order valence-corrected chi connectivity index (χ3v) is 4.47. The number of hydrogen-bond donors (Lipinski definition) is 1. The fourth-order valence-electron chi connectivity index (χ4n) is 2.96. The number of anilines is 1. The number of sulfonamides is 1. The van der Waals surface area contributed by atoms with Crippen molar-refractivity contribution in [1.29, 1.82) is 5.26 Å². The molecule has 0 radical (unpaired) electrons. The van der Waals surface area contributed by atoms with Crippen molar-refractivity contribution in [3.8, 4) is 17.3 Å². The van der Waals surface area contributed by atoms with Gasteiger partial charge in [-0.2, -0.15) is 5.26 Å². The molecule has 0 spiro atoms. The zero-order valence-corrected chi connectivity index (χ0v) is 14.3. The maximum absolute atomic E-state index is 11.3. The molecule has 2 aromatic carbocycles. The number of benzene rings is 2. The highest BCUT2D eigenvalue weighted by Gasteiger charge is 2.17. The summed E-state index contributed by atoms with van der Waals surface area (Å²) in [6.07, 6.45) is 1.11. The highest BCUT2D eigenvalue weighted by atomic mass is 32.2. The van der Waals surface area contributed by atoms with E-state index in [0.29, 0.717) is 11.3 Å². The van der Waals surface area contributed by atoms with Crippen molar-refractivity contribution in [2.45, 2.75) is 13.5 Å². The van der Waals surface area contributed by atoms with Gasteiger partial charge in [0, 0.05) is 23.1 Å². The first-order chi connectivity index (χ1) is 11.4. The summed E-state index contributed by atoms with van der Waals surface area (Å²) in [6, 6.07) is 17.2.